The van der Waals surface area contributed by atoms with Crippen LogP contribution in [-0.2, 0) is 6.54 Å². The minimum Gasteiger partial charge on any atom is -0.396 e. The molecule has 0 aliphatic carbocycles. The van der Waals surface area contributed by atoms with Crippen LogP contribution >= 0.6 is 11.8 Å². The molecular weight excluding hydrogens is 363 g/mol. The fourth-order valence-corrected chi connectivity index (χ4v) is 3.97. The Morgan fingerprint density at radius 1 is 1.22 bits per heavy atom. The number of aliphatic hydroxyl groups is 1. The topological polar surface area (TPSA) is 52.6 Å². The Labute approximate surface area is 163 Å². The quantitative estimate of drug-likeness (QED) is 0.715. The number of aliphatic hydroxyl groups excluding tert-OH is 1. The van der Waals surface area contributed by atoms with Gasteiger partial charge in [-0.15, -0.1) is 11.8 Å². The zero-order chi connectivity index (χ0) is 19.1. The molecule has 0 radical (unpaired) electrons. The van der Waals surface area contributed by atoms with E-state index in [9.17, 15) is 9.18 Å². The molecule has 3 rings (SSSR count). The fraction of sp³-hybridized carbons (Fsp3) is 0.381. The molecule has 1 heterocycles. The van der Waals surface area contributed by atoms with Crippen LogP contribution in [0.1, 0.15) is 28.8 Å². The van der Waals surface area contributed by atoms with Gasteiger partial charge in [-0.25, -0.2) is 4.39 Å². The third kappa shape index (κ3) is 5.79. The van der Waals surface area contributed by atoms with Crippen molar-refractivity contribution in [3.05, 3.63) is 65.5 Å². The van der Waals surface area contributed by atoms with Gasteiger partial charge in [0, 0.05) is 40.9 Å². The maximum atomic E-state index is 13.9. The number of carbonyl (C=O) groups is 1. The summed E-state index contributed by atoms with van der Waals surface area (Å²) in [6.07, 6.45) is 1.92. The van der Waals surface area contributed by atoms with Gasteiger partial charge in [-0.1, -0.05) is 18.2 Å². The van der Waals surface area contributed by atoms with Gasteiger partial charge in [0.2, 0.25) is 0 Å². The number of likely N-dealkylation sites (tertiary alicyclic amines) is 1. The van der Waals surface area contributed by atoms with Gasteiger partial charge < -0.3 is 10.4 Å². The molecule has 0 spiro atoms. The number of hydrogen-bond donors (Lipinski definition) is 2. The summed E-state index contributed by atoms with van der Waals surface area (Å²) in [6.45, 7) is 2.34. The first-order chi connectivity index (χ1) is 13.2. The van der Waals surface area contributed by atoms with Gasteiger partial charge in [0.25, 0.3) is 5.91 Å². The van der Waals surface area contributed by atoms with E-state index in [4.69, 9.17) is 5.11 Å². The number of halogens is 1. The molecule has 1 fully saturated rings. The Kier molecular flexibility index (Phi) is 7.26. The van der Waals surface area contributed by atoms with Crippen molar-refractivity contribution in [3.8, 4) is 0 Å². The molecule has 2 N–H and O–H groups in total. The highest BCUT2D eigenvalue weighted by Crippen LogP contribution is 2.19. The monoisotopic (exact) mass is 388 g/mol. The normalized spacial score (nSPS) is 17.6. The molecule has 144 valence electrons. The second kappa shape index (κ2) is 9.88. The van der Waals surface area contributed by atoms with Crippen LogP contribution in [0, 0.1) is 5.82 Å². The Bertz CT molecular complexity index is 754. The van der Waals surface area contributed by atoms with Crippen molar-refractivity contribution in [2.45, 2.75) is 30.3 Å². The number of nitrogens with one attached hydrogen (secondary N) is 1. The second-order valence-electron chi connectivity index (χ2n) is 6.74. The summed E-state index contributed by atoms with van der Waals surface area (Å²) in [5, 5.41) is 12.0. The van der Waals surface area contributed by atoms with Crippen molar-refractivity contribution in [1.29, 1.82) is 0 Å². The van der Waals surface area contributed by atoms with Crippen LogP contribution < -0.4 is 5.32 Å². The van der Waals surface area contributed by atoms with Crippen LogP contribution in [0.25, 0.3) is 0 Å². The maximum Gasteiger partial charge on any atom is 0.251 e. The third-order valence-electron chi connectivity index (χ3n) is 4.67. The van der Waals surface area contributed by atoms with Gasteiger partial charge >= 0.3 is 0 Å². The molecule has 0 saturated carbocycles. The van der Waals surface area contributed by atoms with Crippen molar-refractivity contribution in [2.75, 3.05) is 25.4 Å². The van der Waals surface area contributed by atoms with E-state index in [1.807, 2.05) is 36.4 Å². The van der Waals surface area contributed by atoms with E-state index in [1.165, 1.54) is 6.07 Å². The highest BCUT2D eigenvalue weighted by molar-refractivity contribution is 7.99. The first-order valence-corrected chi connectivity index (χ1v) is 10.2. The molecule has 6 heteroatoms. The summed E-state index contributed by atoms with van der Waals surface area (Å²) in [4.78, 5) is 15.8. The summed E-state index contributed by atoms with van der Waals surface area (Å²) in [7, 11) is 0. The van der Waals surface area contributed by atoms with E-state index in [-0.39, 0.29) is 24.4 Å². The Morgan fingerprint density at radius 2 is 2.00 bits per heavy atom. The predicted octanol–water partition coefficient (Wildman–Crippen LogP) is 3.30. The van der Waals surface area contributed by atoms with Gasteiger partial charge in [-0.3, -0.25) is 9.69 Å². The molecule has 0 unspecified atom stereocenters. The molecule has 4 nitrogen and oxygen atoms in total. The van der Waals surface area contributed by atoms with Crippen LogP contribution in [0.15, 0.2) is 53.4 Å². The van der Waals surface area contributed by atoms with Gasteiger partial charge in [-0.05, 0) is 49.7 Å². The number of hydrogen-bond acceptors (Lipinski definition) is 4. The van der Waals surface area contributed by atoms with E-state index < -0.39 is 0 Å². The number of thioether (sulfide) groups is 1. The summed E-state index contributed by atoms with van der Waals surface area (Å²) in [5.41, 5.74) is 1.33. The van der Waals surface area contributed by atoms with E-state index >= 15 is 0 Å². The number of rotatable bonds is 7. The number of nitrogens with zero attached hydrogens (tertiary/aromatic N) is 1. The lowest BCUT2D eigenvalue weighted by molar-refractivity contribution is 0.0900. The van der Waals surface area contributed by atoms with Crippen LogP contribution in [0.3, 0.4) is 0 Å². The summed E-state index contributed by atoms with van der Waals surface area (Å²) in [6, 6.07) is 14.4. The van der Waals surface area contributed by atoms with E-state index in [0.29, 0.717) is 23.4 Å². The SMILES string of the molecule is O=C(N[C@@H]1CCCN(Cc2ccccc2F)C1)c1ccc(SCCO)cc1. The lowest BCUT2D eigenvalue weighted by Crippen LogP contribution is -2.47. The molecule has 1 amide bonds. The molecule has 0 bridgehead atoms. The first kappa shape index (κ1) is 19.9. The molecule has 2 aromatic carbocycles. The first-order valence-electron chi connectivity index (χ1n) is 9.26. The van der Waals surface area contributed by atoms with Crippen LogP contribution in [0.2, 0.25) is 0 Å². The van der Waals surface area contributed by atoms with E-state index in [0.717, 1.165) is 30.8 Å². The zero-order valence-electron chi connectivity index (χ0n) is 15.2. The van der Waals surface area contributed by atoms with Crippen molar-refractivity contribution < 1.29 is 14.3 Å². The highest BCUT2D eigenvalue weighted by atomic mass is 32.2. The van der Waals surface area contributed by atoms with Crippen LogP contribution in [-0.4, -0.2) is 47.4 Å². The van der Waals surface area contributed by atoms with Gasteiger partial charge in [0.1, 0.15) is 5.82 Å². The zero-order valence-corrected chi connectivity index (χ0v) is 16.1. The number of piperidine rings is 1. The standard InChI is InChI=1S/C21H25FN2O2S/c22-20-6-2-1-4-17(20)14-24-11-3-5-18(15-24)23-21(26)16-7-9-19(10-8-16)27-13-12-25/h1-2,4,6-10,18,25H,3,5,11-15H2,(H,23,26)/t18-/m1/s1. The molecular formula is C21H25FN2O2S. The average molecular weight is 389 g/mol. The number of benzene rings is 2. The van der Waals surface area contributed by atoms with Crippen molar-refractivity contribution in [1.82, 2.24) is 10.2 Å². The minimum absolute atomic E-state index is 0.0708. The number of carbonyl (C=O) groups excluding carboxylic acids is 1. The average Bonchev–Trinajstić information content (AvgIpc) is 2.69. The van der Waals surface area contributed by atoms with Crippen LogP contribution in [0.5, 0.6) is 0 Å². The van der Waals surface area contributed by atoms with Crippen molar-refractivity contribution in [3.63, 3.8) is 0 Å². The predicted molar refractivity (Wildman–Crippen MR) is 106 cm³/mol. The fourth-order valence-electron chi connectivity index (χ4n) is 3.32. The molecule has 0 aromatic heterocycles. The Morgan fingerprint density at radius 3 is 2.74 bits per heavy atom. The highest BCUT2D eigenvalue weighted by Gasteiger charge is 2.22. The summed E-state index contributed by atoms with van der Waals surface area (Å²) in [5.74, 6) is 0.389. The largest absolute Gasteiger partial charge is 0.396 e. The van der Waals surface area contributed by atoms with Crippen LogP contribution in [0.4, 0.5) is 4.39 Å². The maximum absolute atomic E-state index is 13.9. The molecule has 1 aliphatic rings. The minimum atomic E-state index is -0.178. The van der Waals surface area contributed by atoms with Gasteiger partial charge in [-0.2, -0.15) is 0 Å². The molecule has 1 aliphatic heterocycles. The summed E-state index contributed by atoms with van der Waals surface area (Å²) >= 11 is 1.56. The third-order valence-corrected chi connectivity index (χ3v) is 5.66. The Balaban J connectivity index is 1.54. The van der Waals surface area contributed by atoms with E-state index in [1.54, 1.807) is 17.8 Å². The van der Waals surface area contributed by atoms with Crippen molar-refractivity contribution >= 4 is 17.7 Å². The lowest BCUT2D eigenvalue weighted by atomic mass is 10.0. The molecule has 27 heavy (non-hydrogen) atoms. The summed E-state index contributed by atoms with van der Waals surface area (Å²) < 4.78 is 13.9. The Hall–Kier alpha value is -1.89. The number of amides is 1. The second-order valence-corrected chi connectivity index (χ2v) is 7.90. The smallest absolute Gasteiger partial charge is 0.251 e. The lowest BCUT2D eigenvalue weighted by Gasteiger charge is -2.33. The van der Waals surface area contributed by atoms with E-state index in [2.05, 4.69) is 10.2 Å². The molecule has 1 atom stereocenters. The van der Waals surface area contributed by atoms with Gasteiger partial charge in [0.15, 0.2) is 0 Å². The molecule has 1 saturated heterocycles. The van der Waals surface area contributed by atoms with Crippen molar-refractivity contribution in [2.24, 2.45) is 0 Å². The molecule has 2 aromatic rings. The van der Waals surface area contributed by atoms with Gasteiger partial charge in [0.05, 0.1) is 6.61 Å².